The van der Waals surface area contributed by atoms with Gasteiger partial charge in [-0.1, -0.05) is 123 Å². The molecular weight excluding hydrogens is 532 g/mol. The van der Waals surface area contributed by atoms with E-state index in [2.05, 4.69) is 41.5 Å². The highest BCUT2D eigenvalue weighted by molar-refractivity contribution is 5.55. The van der Waals surface area contributed by atoms with Crippen LogP contribution in [0.2, 0.25) is 0 Å². The van der Waals surface area contributed by atoms with Crippen LogP contribution in [0.25, 0.3) is 0 Å². The van der Waals surface area contributed by atoms with Crippen LogP contribution in [0, 0.1) is 27.7 Å². The fraction of sp³-hybridized carbons (Fsp3) is 0.385. The van der Waals surface area contributed by atoms with Crippen molar-refractivity contribution in [2.24, 2.45) is 0 Å². The fourth-order valence-electron chi connectivity index (χ4n) is 6.13. The van der Waals surface area contributed by atoms with Gasteiger partial charge in [-0.05, 0) is 71.9 Å². The molecule has 0 saturated heterocycles. The standard InChI is InChI=1S/C39H48O4/c1-22-11-26(34(40)28(13-22)20-30-15-24(3)17-32(36(30)42)38(5,6)7)19-27-12-23(2)14-29(35(27)41)21-31-16-25(4)18-33(37(31)43)39(8,9)10/h11-18,40-43H,19-21H2,1-10H3/p-1. The molecule has 0 heterocycles. The van der Waals surface area contributed by atoms with Gasteiger partial charge < -0.3 is 20.4 Å². The molecule has 0 aliphatic carbocycles. The van der Waals surface area contributed by atoms with E-state index in [1.807, 2.05) is 76.2 Å². The van der Waals surface area contributed by atoms with Crippen LogP contribution in [-0.2, 0) is 30.1 Å². The quantitative estimate of drug-likeness (QED) is 0.214. The van der Waals surface area contributed by atoms with Gasteiger partial charge in [0.1, 0.15) is 17.2 Å². The lowest BCUT2D eigenvalue weighted by molar-refractivity contribution is -0.270. The van der Waals surface area contributed by atoms with Crippen LogP contribution in [-0.4, -0.2) is 15.3 Å². The summed E-state index contributed by atoms with van der Waals surface area (Å²) in [6.07, 6.45) is 0.995. The molecule has 0 atom stereocenters. The van der Waals surface area contributed by atoms with Crippen LogP contribution < -0.4 is 5.11 Å². The first-order chi connectivity index (χ1) is 19.8. The van der Waals surface area contributed by atoms with E-state index in [-0.39, 0.29) is 40.2 Å². The lowest BCUT2D eigenvalue weighted by Crippen LogP contribution is -2.13. The molecule has 0 fully saturated rings. The summed E-state index contributed by atoms with van der Waals surface area (Å²) < 4.78 is 0. The van der Waals surface area contributed by atoms with Crippen molar-refractivity contribution in [3.63, 3.8) is 0 Å². The van der Waals surface area contributed by atoms with E-state index in [0.29, 0.717) is 29.5 Å². The Kier molecular flexibility index (Phi) is 8.66. The Hall–Kier alpha value is -3.92. The van der Waals surface area contributed by atoms with Crippen LogP contribution in [0.3, 0.4) is 0 Å². The number of hydrogen-bond donors (Lipinski definition) is 3. The minimum atomic E-state index is -0.229. The average molecular weight is 580 g/mol. The highest BCUT2D eigenvalue weighted by atomic mass is 16.3. The smallest absolute Gasteiger partial charge is 0.122 e. The second kappa shape index (κ2) is 11.6. The summed E-state index contributed by atoms with van der Waals surface area (Å²) in [5, 5.41) is 47.5. The molecule has 0 spiro atoms. The summed E-state index contributed by atoms with van der Waals surface area (Å²) in [6.45, 7) is 20.4. The molecule has 0 radical (unpaired) electrons. The molecule has 0 unspecified atom stereocenters. The molecule has 228 valence electrons. The molecular formula is C39H47O4-. The Labute approximate surface area is 257 Å². The SMILES string of the molecule is Cc1cc(Cc2cc(C)cc(Cc3cc(C)cc(C(C)(C)C)c3O)c2O)c([O-])c(Cc2cc(C)cc(C(C)(C)C)c2O)c1. The summed E-state index contributed by atoms with van der Waals surface area (Å²) in [5.74, 6) is 0.588. The van der Waals surface area contributed by atoms with E-state index >= 15 is 0 Å². The Morgan fingerprint density at radius 3 is 1.02 bits per heavy atom. The molecule has 0 aromatic heterocycles. The number of aromatic hydroxyl groups is 3. The van der Waals surface area contributed by atoms with Gasteiger partial charge >= 0.3 is 0 Å². The first-order valence-electron chi connectivity index (χ1n) is 15.1. The van der Waals surface area contributed by atoms with Crippen molar-refractivity contribution in [2.75, 3.05) is 0 Å². The van der Waals surface area contributed by atoms with Crippen molar-refractivity contribution in [1.29, 1.82) is 0 Å². The van der Waals surface area contributed by atoms with E-state index in [4.69, 9.17) is 0 Å². The maximum Gasteiger partial charge on any atom is 0.122 e. The maximum absolute atomic E-state index is 13.8. The normalized spacial score (nSPS) is 12.1. The molecule has 4 aromatic carbocycles. The van der Waals surface area contributed by atoms with E-state index < -0.39 is 0 Å². The lowest BCUT2D eigenvalue weighted by atomic mass is 9.83. The topological polar surface area (TPSA) is 83.8 Å². The van der Waals surface area contributed by atoms with Crippen molar-refractivity contribution in [1.82, 2.24) is 0 Å². The molecule has 0 amide bonds. The van der Waals surface area contributed by atoms with Crippen LogP contribution in [0.5, 0.6) is 23.0 Å². The van der Waals surface area contributed by atoms with Crippen LogP contribution >= 0.6 is 0 Å². The van der Waals surface area contributed by atoms with Gasteiger partial charge in [0.15, 0.2) is 0 Å². The molecule has 0 aliphatic heterocycles. The van der Waals surface area contributed by atoms with Gasteiger partial charge in [0.25, 0.3) is 0 Å². The van der Waals surface area contributed by atoms with Crippen molar-refractivity contribution >= 4 is 0 Å². The third kappa shape index (κ3) is 7.01. The Morgan fingerprint density at radius 2 is 0.698 bits per heavy atom. The van der Waals surface area contributed by atoms with Crippen molar-refractivity contribution in [3.8, 4) is 23.0 Å². The summed E-state index contributed by atoms with van der Waals surface area (Å²) in [5.41, 5.74) is 9.49. The number of hydrogen-bond acceptors (Lipinski definition) is 4. The van der Waals surface area contributed by atoms with Gasteiger partial charge in [-0.3, -0.25) is 0 Å². The second-order valence-electron chi connectivity index (χ2n) is 14.5. The zero-order valence-corrected chi connectivity index (χ0v) is 27.5. The third-order valence-corrected chi connectivity index (χ3v) is 8.22. The molecule has 0 bridgehead atoms. The first-order valence-corrected chi connectivity index (χ1v) is 15.1. The largest absolute Gasteiger partial charge is 0.872 e. The molecule has 0 saturated carbocycles. The summed E-state index contributed by atoms with van der Waals surface area (Å²) >= 11 is 0. The molecule has 43 heavy (non-hydrogen) atoms. The zero-order chi connectivity index (χ0) is 32.0. The molecule has 4 nitrogen and oxygen atoms in total. The average Bonchev–Trinajstić information content (AvgIpc) is 2.87. The third-order valence-electron chi connectivity index (χ3n) is 8.22. The predicted octanol–water partition coefficient (Wildman–Crippen LogP) is 8.48. The molecule has 4 aromatic rings. The van der Waals surface area contributed by atoms with Crippen LogP contribution in [0.4, 0.5) is 0 Å². The second-order valence-corrected chi connectivity index (χ2v) is 14.5. The van der Waals surface area contributed by atoms with E-state index in [1.165, 1.54) is 0 Å². The van der Waals surface area contributed by atoms with Crippen LogP contribution in [0.1, 0.15) is 108 Å². The monoisotopic (exact) mass is 579 g/mol. The molecule has 4 heteroatoms. The minimum Gasteiger partial charge on any atom is -0.872 e. The summed E-state index contributed by atoms with van der Waals surface area (Å²) in [6, 6.07) is 15.6. The van der Waals surface area contributed by atoms with E-state index in [9.17, 15) is 20.4 Å². The lowest BCUT2D eigenvalue weighted by Gasteiger charge is -2.25. The van der Waals surface area contributed by atoms with Crippen LogP contribution in [0.15, 0.2) is 48.5 Å². The van der Waals surface area contributed by atoms with Gasteiger partial charge in [-0.25, -0.2) is 0 Å². The Balaban J connectivity index is 1.72. The molecule has 4 rings (SSSR count). The maximum atomic E-state index is 13.8. The predicted molar refractivity (Wildman–Crippen MR) is 175 cm³/mol. The van der Waals surface area contributed by atoms with Gasteiger partial charge in [0, 0.05) is 19.3 Å². The highest BCUT2D eigenvalue weighted by Crippen LogP contribution is 2.39. The number of benzene rings is 4. The van der Waals surface area contributed by atoms with E-state index in [1.54, 1.807) is 0 Å². The Morgan fingerprint density at radius 1 is 0.442 bits per heavy atom. The molecule has 3 N–H and O–H groups in total. The van der Waals surface area contributed by atoms with Crippen molar-refractivity contribution in [3.05, 3.63) is 115 Å². The van der Waals surface area contributed by atoms with Gasteiger partial charge in [-0.15, -0.1) is 5.75 Å². The zero-order valence-electron chi connectivity index (χ0n) is 27.5. The Bertz CT molecular complexity index is 1550. The number of phenols is 3. The van der Waals surface area contributed by atoms with Gasteiger partial charge in [0.2, 0.25) is 0 Å². The first kappa shape index (κ1) is 32.0. The minimum absolute atomic E-state index is 0.0718. The number of aryl methyl sites for hydroxylation is 4. The molecule has 0 aliphatic rings. The van der Waals surface area contributed by atoms with Crippen molar-refractivity contribution < 1.29 is 20.4 Å². The summed E-state index contributed by atoms with van der Waals surface area (Å²) in [4.78, 5) is 0. The fourth-order valence-corrected chi connectivity index (χ4v) is 6.13. The van der Waals surface area contributed by atoms with Gasteiger partial charge in [-0.2, -0.15) is 0 Å². The number of rotatable bonds is 6. The van der Waals surface area contributed by atoms with Gasteiger partial charge in [0.05, 0.1) is 0 Å². The summed E-state index contributed by atoms with van der Waals surface area (Å²) in [7, 11) is 0. The highest BCUT2D eigenvalue weighted by Gasteiger charge is 2.23. The van der Waals surface area contributed by atoms with E-state index in [0.717, 1.165) is 50.1 Å². The number of phenolic OH excluding ortho intramolecular Hbond substituents is 3. The van der Waals surface area contributed by atoms with Crippen molar-refractivity contribution in [2.45, 2.75) is 99.3 Å².